The van der Waals surface area contributed by atoms with E-state index in [4.69, 9.17) is 0 Å². The molecule has 0 N–H and O–H groups in total. The van der Waals surface area contributed by atoms with Gasteiger partial charge in [0.05, 0.1) is 26.4 Å². The summed E-state index contributed by atoms with van der Waals surface area (Å²) in [7, 11) is -1.45. The molecule has 0 aromatic rings. The van der Waals surface area contributed by atoms with Gasteiger partial charge in [-0.15, -0.1) is 0 Å². The lowest BCUT2D eigenvalue weighted by Crippen LogP contribution is -2.35. The van der Waals surface area contributed by atoms with Crippen LogP contribution < -0.4 is 0 Å². The molecule has 5 heteroatoms. The van der Waals surface area contributed by atoms with E-state index in [2.05, 4.69) is 16.3 Å². The lowest BCUT2D eigenvalue weighted by Gasteiger charge is -2.18. The van der Waals surface area contributed by atoms with Gasteiger partial charge < -0.3 is 4.18 Å². The smallest absolute Gasteiger partial charge is 0.314 e. The topological polar surface area (TPSA) is 43.4 Å². The standard InChI is InChI=1S/C8H14NO3S/c1-9(5-3-4-6-9)7-8-12-13(2,10)11/h3-6H2,1-2H3/q+1. The maximum atomic E-state index is 10.6. The summed E-state index contributed by atoms with van der Waals surface area (Å²) in [6.45, 7) is 1.94. The van der Waals surface area contributed by atoms with Crippen molar-refractivity contribution in [3.05, 3.63) is 0 Å². The Balaban J connectivity index is 2.56. The molecule has 1 aliphatic heterocycles. The van der Waals surface area contributed by atoms with Gasteiger partial charge in [-0.1, -0.05) is 0 Å². The van der Waals surface area contributed by atoms with Gasteiger partial charge >= 0.3 is 10.1 Å². The fraction of sp³-hybridized carbons (Fsp3) is 0.750. The van der Waals surface area contributed by atoms with Crippen LogP contribution >= 0.6 is 0 Å². The van der Waals surface area contributed by atoms with E-state index in [9.17, 15) is 8.42 Å². The Morgan fingerprint density at radius 3 is 2.31 bits per heavy atom. The van der Waals surface area contributed by atoms with Gasteiger partial charge in [-0.05, 0) is 0 Å². The molecule has 1 heterocycles. The Labute approximate surface area is 79.2 Å². The third-order valence-corrected chi connectivity index (χ3v) is 2.45. The minimum absolute atomic E-state index is 0.593. The zero-order chi connectivity index (χ0) is 9.95. The van der Waals surface area contributed by atoms with E-state index in [-0.39, 0.29) is 0 Å². The average Bonchev–Trinajstić information content (AvgIpc) is 2.33. The van der Waals surface area contributed by atoms with Gasteiger partial charge in [0, 0.05) is 12.8 Å². The lowest BCUT2D eigenvalue weighted by molar-refractivity contribution is -0.830. The summed E-state index contributed by atoms with van der Waals surface area (Å²) in [6, 6.07) is 2.80. The summed E-state index contributed by atoms with van der Waals surface area (Å²) in [5, 5.41) is 0. The molecule has 0 spiro atoms. The predicted octanol–water partition coefficient (Wildman–Crippen LogP) is 0.121. The predicted molar refractivity (Wildman–Crippen MR) is 48.9 cm³/mol. The maximum absolute atomic E-state index is 10.6. The molecule has 0 bridgehead atoms. The molecule has 4 nitrogen and oxygen atoms in total. The van der Waals surface area contributed by atoms with Gasteiger partial charge in [0.1, 0.15) is 0 Å². The largest absolute Gasteiger partial charge is 0.322 e. The van der Waals surface area contributed by atoms with E-state index in [0.717, 1.165) is 32.2 Å². The highest BCUT2D eigenvalue weighted by Gasteiger charge is 2.25. The Bertz CT molecular complexity index is 330. The number of hydrogen-bond donors (Lipinski definition) is 0. The van der Waals surface area contributed by atoms with Crippen LogP contribution in [0, 0.1) is 12.2 Å². The van der Waals surface area contributed by atoms with Crippen LogP contribution in [0.3, 0.4) is 0 Å². The molecule has 1 aliphatic rings. The third kappa shape index (κ3) is 3.66. The second kappa shape index (κ2) is 3.56. The van der Waals surface area contributed by atoms with Crippen LogP contribution in [0.15, 0.2) is 0 Å². The van der Waals surface area contributed by atoms with Crippen molar-refractivity contribution in [2.24, 2.45) is 0 Å². The van der Waals surface area contributed by atoms with Crippen molar-refractivity contribution in [3.8, 4) is 12.2 Å². The summed E-state index contributed by atoms with van der Waals surface area (Å²) >= 11 is 0. The average molecular weight is 204 g/mol. The van der Waals surface area contributed by atoms with Gasteiger partial charge in [-0.2, -0.15) is 8.42 Å². The van der Waals surface area contributed by atoms with E-state index in [0.29, 0.717) is 4.48 Å². The molecule has 13 heavy (non-hydrogen) atoms. The van der Waals surface area contributed by atoms with Gasteiger partial charge in [0.25, 0.3) is 0 Å². The zero-order valence-corrected chi connectivity index (χ0v) is 8.73. The Morgan fingerprint density at radius 1 is 1.31 bits per heavy atom. The van der Waals surface area contributed by atoms with Gasteiger partial charge in [0.2, 0.25) is 0 Å². The fourth-order valence-electron chi connectivity index (χ4n) is 1.35. The fourth-order valence-corrected chi connectivity index (χ4v) is 1.54. The highest BCUT2D eigenvalue weighted by molar-refractivity contribution is 7.86. The van der Waals surface area contributed by atoms with Crippen LogP contribution in [0.4, 0.5) is 0 Å². The first-order valence-corrected chi connectivity index (χ1v) is 5.98. The lowest BCUT2D eigenvalue weighted by atomic mass is 10.4. The quantitative estimate of drug-likeness (QED) is 0.346. The van der Waals surface area contributed by atoms with Crippen molar-refractivity contribution in [2.45, 2.75) is 12.8 Å². The monoisotopic (exact) mass is 204 g/mol. The van der Waals surface area contributed by atoms with Crippen molar-refractivity contribution in [2.75, 3.05) is 26.4 Å². The minimum atomic E-state index is -3.43. The van der Waals surface area contributed by atoms with Crippen molar-refractivity contribution < 1.29 is 17.1 Å². The number of hydrogen-bond acceptors (Lipinski definition) is 3. The van der Waals surface area contributed by atoms with Crippen molar-refractivity contribution in [1.82, 2.24) is 0 Å². The van der Waals surface area contributed by atoms with Crippen LogP contribution in [0.1, 0.15) is 12.8 Å². The van der Waals surface area contributed by atoms with Crippen molar-refractivity contribution in [1.29, 1.82) is 0 Å². The second-order valence-corrected chi connectivity index (χ2v) is 5.13. The molecule has 0 aromatic carbocycles. The number of nitrogens with zero attached hydrogens (tertiary/aromatic N) is 1. The highest BCUT2D eigenvalue weighted by Crippen LogP contribution is 2.14. The van der Waals surface area contributed by atoms with Gasteiger partial charge in [0.15, 0.2) is 12.2 Å². The van der Waals surface area contributed by atoms with Crippen LogP contribution in [0.5, 0.6) is 0 Å². The van der Waals surface area contributed by atoms with E-state index in [1.807, 2.05) is 7.05 Å². The SMILES string of the molecule is C[N+]1(C#COS(C)(=O)=O)CCCC1. The highest BCUT2D eigenvalue weighted by atomic mass is 32.2. The Hall–Kier alpha value is -0.730. The maximum Gasteiger partial charge on any atom is 0.314 e. The van der Waals surface area contributed by atoms with Crippen LogP contribution in [0.25, 0.3) is 0 Å². The van der Waals surface area contributed by atoms with Gasteiger partial charge in [-0.3, -0.25) is 0 Å². The molecule has 1 fully saturated rings. The first-order valence-electron chi connectivity index (χ1n) is 4.17. The first-order chi connectivity index (χ1) is 5.91. The Morgan fingerprint density at radius 2 is 1.85 bits per heavy atom. The first kappa shape index (κ1) is 10.4. The van der Waals surface area contributed by atoms with E-state index < -0.39 is 10.1 Å². The molecule has 0 aliphatic carbocycles. The zero-order valence-electron chi connectivity index (χ0n) is 7.91. The van der Waals surface area contributed by atoms with Crippen LogP contribution in [-0.4, -0.2) is 39.3 Å². The van der Waals surface area contributed by atoms with E-state index >= 15 is 0 Å². The minimum Gasteiger partial charge on any atom is -0.322 e. The molecule has 0 aromatic heterocycles. The molecule has 0 radical (unpaired) electrons. The molecule has 1 saturated heterocycles. The molecular formula is C8H14NO3S+. The molecular weight excluding hydrogens is 190 g/mol. The van der Waals surface area contributed by atoms with Gasteiger partial charge in [-0.25, -0.2) is 4.48 Å². The molecule has 0 amide bonds. The number of likely N-dealkylation sites (tertiary alicyclic amines) is 1. The normalized spacial score (nSPS) is 20.5. The number of rotatable bonds is 1. The van der Waals surface area contributed by atoms with E-state index in [1.165, 1.54) is 0 Å². The van der Waals surface area contributed by atoms with Crippen LogP contribution in [0.2, 0.25) is 0 Å². The molecule has 0 unspecified atom stereocenters. The number of quaternary nitrogens is 1. The molecule has 1 rings (SSSR count). The molecule has 74 valence electrons. The van der Waals surface area contributed by atoms with Crippen molar-refractivity contribution in [3.63, 3.8) is 0 Å². The second-order valence-electron chi connectivity index (χ2n) is 3.55. The molecule has 0 saturated carbocycles. The summed E-state index contributed by atoms with van der Waals surface area (Å²) in [4.78, 5) is 0. The van der Waals surface area contributed by atoms with Crippen molar-refractivity contribution >= 4 is 10.1 Å². The third-order valence-electron chi connectivity index (χ3n) is 2.06. The summed E-state index contributed by atoms with van der Waals surface area (Å²) in [5.41, 5.74) is 0. The van der Waals surface area contributed by atoms with Crippen LogP contribution in [-0.2, 0) is 14.3 Å². The summed E-state index contributed by atoms with van der Waals surface area (Å²) in [6.07, 6.45) is 5.52. The molecule has 0 atom stereocenters. The Kier molecular flexibility index (Phi) is 2.84. The summed E-state index contributed by atoms with van der Waals surface area (Å²) < 4.78 is 26.1. The van der Waals surface area contributed by atoms with E-state index in [1.54, 1.807) is 0 Å². The summed E-state index contributed by atoms with van der Waals surface area (Å²) in [5.74, 6) is 0.